The van der Waals surface area contributed by atoms with Crippen LogP contribution in [0.25, 0.3) is 0 Å². The molecule has 0 spiro atoms. The number of imide groups is 1. The van der Waals surface area contributed by atoms with Crippen LogP contribution in [-0.2, 0) is 22.6 Å². The number of hydrogen-bond donors (Lipinski definition) is 1. The van der Waals surface area contributed by atoms with E-state index >= 15 is 8.78 Å². The minimum Gasteiger partial charge on any atom is -0.322 e. The Balaban J connectivity index is 0.932. The summed E-state index contributed by atoms with van der Waals surface area (Å²) in [5.74, 6) is -3.77. The molecule has 4 aliphatic rings. The molecule has 7 rings (SSSR count). The van der Waals surface area contributed by atoms with Crippen molar-refractivity contribution in [2.75, 3.05) is 45.8 Å². The highest BCUT2D eigenvalue weighted by Gasteiger charge is 2.48. The van der Waals surface area contributed by atoms with E-state index in [9.17, 15) is 14.4 Å². The van der Waals surface area contributed by atoms with Crippen LogP contribution in [0.4, 0.5) is 8.78 Å². The van der Waals surface area contributed by atoms with Crippen LogP contribution in [0, 0.1) is 0 Å². The molecular formula is C37H41F2N5O3. The normalized spacial score (nSPS) is 24.1. The number of fused-ring (bicyclic) bond motifs is 1. The van der Waals surface area contributed by atoms with Gasteiger partial charge in [0.2, 0.25) is 11.8 Å². The molecule has 0 aliphatic carbocycles. The lowest BCUT2D eigenvalue weighted by molar-refractivity contribution is -0.137. The molecule has 3 aromatic rings. The third kappa shape index (κ3) is 6.59. The summed E-state index contributed by atoms with van der Waals surface area (Å²) in [6.07, 6.45) is 1.55. The molecule has 2 atom stereocenters. The second kappa shape index (κ2) is 13.3. The molecule has 0 bridgehead atoms. The van der Waals surface area contributed by atoms with Crippen molar-refractivity contribution in [3.05, 3.63) is 107 Å². The zero-order valence-electron chi connectivity index (χ0n) is 26.5. The Labute approximate surface area is 274 Å². The molecule has 0 saturated carbocycles. The fourth-order valence-electron chi connectivity index (χ4n) is 7.90. The van der Waals surface area contributed by atoms with Crippen LogP contribution < -0.4 is 5.32 Å². The maximum atomic E-state index is 15.7. The van der Waals surface area contributed by atoms with Crippen molar-refractivity contribution in [3.8, 4) is 0 Å². The number of piperazine rings is 1. The zero-order valence-corrected chi connectivity index (χ0v) is 26.5. The van der Waals surface area contributed by atoms with Crippen LogP contribution in [0.5, 0.6) is 0 Å². The number of rotatable bonds is 8. The van der Waals surface area contributed by atoms with Gasteiger partial charge >= 0.3 is 0 Å². The monoisotopic (exact) mass is 641 g/mol. The molecule has 8 nitrogen and oxygen atoms in total. The van der Waals surface area contributed by atoms with E-state index < -0.39 is 23.9 Å². The van der Waals surface area contributed by atoms with Gasteiger partial charge in [-0.15, -0.1) is 0 Å². The summed E-state index contributed by atoms with van der Waals surface area (Å²) in [5, 5.41) is 2.33. The fourth-order valence-corrected chi connectivity index (χ4v) is 7.90. The third-order valence-corrected chi connectivity index (χ3v) is 10.3. The summed E-state index contributed by atoms with van der Waals surface area (Å²) in [6.45, 7) is 3.85. The maximum Gasteiger partial charge on any atom is 0.275 e. The predicted molar refractivity (Wildman–Crippen MR) is 174 cm³/mol. The van der Waals surface area contributed by atoms with Crippen LogP contribution in [0.2, 0.25) is 0 Å². The van der Waals surface area contributed by atoms with Gasteiger partial charge in [-0.3, -0.25) is 34.4 Å². The van der Waals surface area contributed by atoms with E-state index in [4.69, 9.17) is 0 Å². The summed E-state index contributed by atoms with van der Waals surface area (Å²) < 4.78 is 31.4. The second-order valence-corrected chi connectivity index (χ2v) is 13.3. The SMILES string of the molecule is O=C1CCC(N2Cc3cc(CCN4CCC(N5CCN(C(c6ccccc6)c6ccccc6)CC5)C(F)(F)C4)ccc3C2=O)C(=O)N1. The first kappa shape index (κ1) is 31.6. The number of piperidine rings is 2. The number of alkyl halides is 2. The number of benzene rings is 3. The molecule has 3 amide bonds. The Kier molecular flexibility index (Phi) is 8.91. The molecule has 246 valence electrons. The van der Waals surface area contributed by atoms with Gasteiger partial charge in [0, 0.05) is 57.8 Å². The van der Waals surface area contributed by atoms with E-state index in [0.717, 1.165) is 24.2 Å². The number of nitrogens with zero attached hydrogens (tertiary/aromatic N) is 4. The predicted octanol–water partition coefficient (Wildman–Crippen LogP) is 4.11. The van der Waals surface area contributed by atoms with E-state index in [1.807, 2.05) is 34.1 Å². The summed E-state index contributed by atoms with van der Waals surface area (Å²) in [5.41, 5.74) is 4.81. The Bertz CT molecular complexity index is 1570. The standard InChI is InChI=1S/C37H41F2N5O3/c38-37(39)25-41(17-15-26-11-12-30-29(23-26)24-44(36(30)47)31-13-14-33(45)40-35(31)46)18-16-32(37)42-19-21-43(22-20-42)34(27-7-3-1-4-8-27)28-9-5-2-6-10-28/h1-12,23,31-32,34H,13-22,24-25H2,(H,40,45,46). The molecule has 4 aliphatic heterocycles. The average molecular weight is 642 g/mol. The van der Waals surface area contributed by atoms with Gasteiger partial charge in [-0.1, -0.05) is 72.8 Å². The molecule has 2 unspecified atom stereocenters. The van der Waals surface area contributed by atoms with Gasteiger partial charge in [0.15, 0.2) is 0 Å². The Morgan fingerprint density at radius 3 is 2.15 bits per heavy atom. The molecule has 3 aromatic carbocycles. The molecule has 47 heavy (non-hydrogen) atoms. The van der Waals surface area contributed by atoms with Crippen LogP contribution in [0.1, 0.15) is 57.9 Å². The van der Waals surface area contributed by atoms with Crippen molar-refractivity contribution >= 4 is 17.7 Å². The third-order valence-electron chi connectivity index (χ3n) is 10.3. The number of amides is 3. The van der Waals surface area contributed by atoms with Crippen molar-refractivity contribution in [2.24, 2.45) is 0 Å². The summed E-state index contributed by atoms with van der Waals surface area (Å²) >= 11 is 0. The number of likely N-dealkylation sites (tertiary alicyclic amines) is 1. The summed E-state index contributed by atoms with van der Waals surface area (Å²) in [6, 6.07) is 25.1. The number of nitrogens with one attached hydrogen (secondary N) is 1. The van der Waals surface area contributed by atoms with Crippen LogP contribution >= 0.6 is 0 Å². The van der Waals surface area contributed by atoms with Gasteiger partial charge in [0.05, 0.1) is 18.6 Å². The fraction of sp³-hybridized carbons (Fsp3) is 0.432. The highest BCUT2D eigenvalue weighted by molar-refractivity contribution is 6.05. The quantitative estimate of drug-likeness (QED) is 0.374. The number of carbonyl (C=O) groups excluding carboxylic acids is 3. The van der Waals surface area contributed by atoms with Gasteiger partial charge in [0.1, 0.15) is 6.04 Å². The molecule has 0 radical (unpaired) electrons. The molecular weight excluding hydrogens is 600 g/mol. The van der Waals surface area contributed by atoms with Crippen LogP contribution in [0.15, 0.2) is 78.9 Å². The largest absolute Gasteiger partial charge is 0.322 e. The topological polar surface area (TPSA) is 76.2 Å². The van der Waals surface area contributed by atoms with Crippen molar-refractivity contribution in [1.82, 2.24) is 24.9 Å². The van der Waals surface area contributed by atoms with Gasteiger partial charge in [-0.2, -0.15) is 0 Å². The smallest absolute Gasteiger partial charge is 0.275 e. The van der Waals surface area contributed by atoms with Gasteiger partial charge in [-0.25, -0.2) is 8.78 Å². The number of hydrogen-bond acceptors (Lipinski definition) is 6. The summed E-state index contributed by atoms with van der Waals surface area (Å²) in [4.78, 5) is 44.8. The Morgan fingerprint density at radius 2 is 1.51 bits per heavy atom. The van der Waals surface area contributed by atoms with Crippen molar-refractivity contribution in [2.45, 2.75) is 56.3 Å². The molecule has 3 fully saturated rings. The van der Waals surface area contributed by atoms with E-state index in [0.29, 0.717) is 57.5 Å². The van der Waals surface area contributed by atoms with Gasteiger partial charge in [0.25, 0.3) is 11.8 Å². The lowest BCUT2D eigenvalue weighted by Crippen LogP contribution is -2.62. The van der Waals surface area contributed by atoms with Crippen molar-refractivity contribution < 1.29 is 23.2 Å². The van der Waals surface area contributed by atoms with Gasteiger partial charge in [-0.05, 0) is 47.6 Å². The Hall–Kier alpha value is -3.99. The van der Waals surface area contributed by atoms with Gasteiger partial charge < -0.3 is 4.90 Å². The maximum absolute atomic E-state index is 15.7. The first-order chi connectivity index (χ1) is 22.8. The highest BCUT2D eigenvalue weighted by Crippen LogP contribution is 2.35. The molecule has 0 aromatic heterocycles. The molecule has 3 saturated heterocycles. The number of halogens is 2. The minimum atomic E-state index is -2.81. The summed E-state index contributed by atoms with van der Waals surface area (Å²) in [7, 11) is 0. The van der Waals surface area contributed by atoms with E-state index in [-0.39, 0.29) is 30.8 Å². The number of carbonyl (C=O) groups is 3. The second-order valence-electron chi connectivity index (χ2n) is 13.3. The van der Waals surface area contributed by atoms with Crippen molar-refractivity contribution in [3.63, 3.8) is 0 Å². The lowest BCUT2D eigenvalue weighted by Gasteiger charge is -2.47. The zero-order chi connectivity index (χ0) is 32.5. The highest BCUT2D eigenvalue weighted by atomic mass is 19.3. The van der Waals surface area contributed by atoms with Crippen LogP contribution in [0.3, 0.4) is 0 Å². The molecule has 4 heterocycles. The van der Waals surface area contributed by atoms with Crippen LogP contribution in [-0.4, -0.2) is 101 Å². The first-order valence-electron chi connectivity index (χ1n) is 16.7. The average Bonchev–Trinajstić information content (AvgIpc) is 3.40. The first-order valence-corrected chi connectivity index (χ1v) is 16.7. The van der Waals surface area contributed by atoms with E-state index in [1.54, 1.807) is 6.07 Å². The Morgan fingerprint density at radius 1 is 0.830 bits per heavy atom. The minimum absolute atomic E-state index is 0.0970. The lowest BCUT2D eigenvalue weighted by atomic mass is 9.95. The van der Waals surface area contributed by atoms with E-state index in [2.05, 4.69) is 58.7 Å². The molecule has 1 N–H and O–H groups in total. The van der Waals surface area contributed by atoms with Crippen molar-refractivity contribution in [1.29, 1.82) is 0 Å². The van der Waals surface area contributed by atoms with E-state index in [1.165, 1.54) is 16.0 Å². The molecule has 10 heteroatoms.